The second-order valence-corrected chi connectivity index (χ2v) is 7.22. The van der Waals surface area contributed by atoms with E-state index in [9.17, 15) is 4.79 Å². The average molecular weight is 417 g/mol. The van der Waals surface area contributed by atoms with E-state index in [-0.39, 0.29) is 11.9 Å². The van der Waals surface area contributed by atoms with Crippen LogP contribution in [-0.2, 0) is 11.4 Å². The molecule has 0 saturated heterocycles. The van der Waals surface area contributed by atoms with Gasteiger partial charge in [-0.1, -0.05) is 30.3 Å². The van der Waals surface area contributed by atoms with Crippen LogP contribution in [0.2, 0.25) is 0 Å². The highest BCUT2D eigenvalue weighted by Gasteiger charge is 2.11. The van der Waals surface area contributed by atoms with Crippen molar-refractivity contribution >= 4 is 17.0 Å². The molecule has 0 aliphatic carbocycles. The number of carbonyl (C=O) groups is 1. The van der Waals surface area contributed by atoms with E-state index in [4.69, 9.17) is 13.9 Å². The van der Waals surface area contributed by atoms with Crippen molar-refractivity contribution in [1.82, 2.24) is 15.3 Å². The Balaban J connectivity index is 1.41. The van der Waals surface area contributed by atoms with Gasteiger partial charge in [0, 0.05) is 18.6 Å². The first-order valence-electron chi connectivity index (χ1n) is 10.0. The molecule has 4 rings (SSSR count). The van der Waals surface area contributed by atoms with Crippen LogP contribution in [0.3, 0.4) is 0 Å². The van der Waals surface area contributed by atoms with Crippen molar-refractivity contribution in [1.29, 1.82) is 0 Å². The molecule has 158 valence electrons. The summed E-state index contributed by atoms with van der Waals surface area (Å²) in [5, 5.41) is 2.76. The number of fused-ring (bicyclic) bond motifs is 1. The SMILES string of the molecule is CC(=O)N[C@@H](C)COc1cc2oc(-c3ccc(OCc4ccccc4)cc3)nc2cn1. The topological polar surface area (TPSA) is 86.5 Å². The Morgan fingerprint density at radius 2 is 1.87 bits per heavy atom. The van der Waals surface area contributed by atoms with Gasteiger partial charge in [-0.2, -0.15) is 0 Å². The van der Waals surface area contributed by atoms with Gasteiger partial charge in [0.2, 0.25) is 17.7 Å². The molecule has 2 aromatic carbocycles. The Morgan fingerprint density at radius 1 is 1.10 bits per heavy atom. The number of carbonyl (C=O) groups excluding carboxylic acids is 1. The molecule has 1 N–H and O–H groups in total. The summed E-state index contributed by atoms with van der Waals surface area (Å²) < 4.78 is 17.4. The van der Waals surface area contributed by atoms with Crippen molar-refractivity contribution in [3.8, 4) is 23.1 Å². The lowest BCUT2D eigenvalue weighted by atomic mass is 10.2. The molecule has 7 nitrogen and oxygen atoms in total. The van der Waals surface area contributed by atoms with E-state index in [2.05, 4.69) is 15.3 Å². The first-order valence-corrected chi connectivity index (χ1v) is 10.0. The summed E-state index contributed by atoms with van der Waals surface area (Å²) in [6, 6.07) is 19.2. The highest BCUT2D eigenvalue weighted by molar-refractivity contribution is 5.76. The fourth-order valence-corrected chi connectivity index (χ4v) is 3.05. The first kappa shape index (κ1) is 20.4. The van der Waals surface area contributed by atoms with Crippen LogP contribution in [0, 0.1) is 0 Å². The van der Waals surface area contributed by atoms with Gasteiger partial charge in [-0.15, -0.1) is 0 Å². The summed E-state index contributed by atoms with van der Waals surface area (Å²) in [6.07, 6.45) is 1.61. The molecule has 4 aromatic rings. The molecular weight excluding hydrogens is 394 g/mol. The minimum atomic E-state index is -0.122. The molecule has 0 radical (unpaired) electrons. The maximum absolute atomic E-state index is 11.1. The third-order valence-corrected chi connectivity index (χ3v) is 4.53. The molecule has 1 amide bonds. The Morgan fingerprint density at radius 3 is 2.61 bits per heavy atom. The number of nitrogens with zero attached hydrogens (tertiary/aromatic N) is 2. The zero-order chi connectivity index (χ0) is 21.6. The highest BCUT2D eigenvalue weighted by Crippen LogP contribution is 2.27. The summed E-state index contributed by atoms with van der Waals surface area (Å²) in [5.41, 5.74) is 3.17. The van der Waals surface area contributed by atoms with Crippen molar-refractivity contribution in [2.45, 2.75) is 26.5 Å². The predicted molar refractivity (Wildman–Crippen MR) is 117 cm³/mol. The van der Waals surface area contributed by atoms with Crippen molar-refractivity contribution in [3.05, 3.63) is 72.4 Å². The van der Waals surface area contributed by atoms with Crippen molar-refractivity contribution < 1.29 is 18.7 Å². The van der Waals surface area contributed by atoms with E-state index >= 15 is 0 Å². The van der Waals surface area contributed by atoms with Gasteiger partial charge >= 0.3 is 0 Å². The number of amides is 1. The highest BCUT2D eigenvalue weighted by atomic mass is 16.5. The predicted octanol–water partition coefficient (Wildman–Crippen LogP) is 4.37. The van der Waals surface area contributed by atoms with Crippen LogP contribution in [0.25, 0.3) is 22.6 Å². The molecule has 0 bridgehead atoms. The molecule has 0 aliphatic heterocycles. The van der Waals surface area contributed by atoms with E-state index in [1.165, 1.54) is 6.92 Å². The van der Waals surface area contributed by atoms with Gasteiger partial charge in [0.25, 0.3) is 0 Å². The van der Waals surface area contributed by atoms with Crippen LogP contribution in [-0.4, -0.2) is 28.5 Å². The maximum atomic E-state index is 11.1. The van der Waals surface area contributed by atoms with Crippen LogP contribution < -0.4 is 14.8 Å². The Labute approximate surface area is 180 Å². The van der Waals surface area contributed by atoms with Gasteiger partial charge in [0.05, 0.1) is 12.2 Å². The van der Waals surface area contributed by atoms with Crippen LogP contribution >= 0.6 is 0 Å². The lowest BCUT2D eigenvalue weighted by Gasteiger charge is -2.12. The van der Waals surface area contributed by atoms with Crippen molar-refractivity contribution in [2.24, 2.45) is 0 Å². The number of oxazole rings is 1. The van der Waals surface area contributed by atoms with E-state index < -0.39 is 0 Å². The van der Waals surface area contributed by atoms with Gasteiger partial charge in [-0.05, 0) is 36.8 Å². The Hall–Kier alpha value is -3.87. The van der Waals surface area contributed by atoms with Crippen LogP contribution in [0.4, 0.5) is 0 Å². The van der Waals surface area contributed by atoms with E-state index in [1.54, 1.807) is 12.3 Å². The molecule has 2 aromatic heterocycles. The monoisotopic (exact) mass is 417 g/mol. The van der Waals surface area contributed by atoms with Crippen LogP contribution in [0.1, 0.15) is 19.4 Å². The molecule has 0 unspecified atom stereocenters. The summed E-state index contributed by atoms with van der Waals surface area (Å²) in [4.78, 5) is 19.8. The molecular formula is C24H23N3O4. The van der Waals surface area contributed by atoms with E-state index in [1.807, 2.05) is 61.5 Å². The fourth-order valence-electron chi connectivity index (χ4n) is 3.05. The van der Waals surface area contributed by atoms with Crippen molar-refractivity contribution in [2.75, 3.05) is 6.61 Å². The zero-order valence-electron chi connectivity index (χ0n) is 17.4. The smallest absolute Gasteiger partial charge is 0.227 e. The molecule has 2 heterocycles. The molecule has 31 heavy (non-hydrogen) atoms. The second-order valence-electron chi connectivity index (χ2n) is 7.22. The second kappa shape index (κ2) is 9.30. The first-order chi connectivity index (χ1) is 15.1. The fraction of sp³-hybridized carbons (Fsp3) is 0.208. The molecule has 0 fully saturated rings. The number of hydrogen-bond acceptors (Lipinski definition) is 6. The molecule has 1 atom stereocenters. The van der Waals surface area contributed by atoms with Gasteiger partial charge in [0.15, 0.2) is 5.58 Å². The van der Waals surface area contributed by atoms with Gasteiger partial charge in [0.1, 0.15) is 24.5 Å². The third kappa shape index (κ3) is 5.39. The zero-order valence-corrected chi connectivity index (χ0v) is 17.4. The standard InChI is InChI=1S/C24H23N3O4/c1-16(26-17(2)28)14-30-23-12-22-21(13-25-23)27-24(31-22)19-8-10-20(11-9-19)29-15-18-6-4-3-5-7-18/h3-13,16H,14-15H2,1-2H3,(H,26,28)/t16-/m0/s1. The number of hydrogen-bond donors (Lipinski definition) is 1. The molecule has 7 heteroatoms. The minimum Gasteiger partial charge on any atom is -0.489 e. The number of nitrogens with one attached hydrogen (secondary N) is 1. The Kier molecular flexibility index (Phi) is 6.12. The van der Waals surface area contributed by atoms with Crippen LogP contribution in [0.5, 0.6) is 11.6 Å². The maximum Gasteiger partial charge on any atom is 0.227 e. The quantitative estimate of drug-likeness (QED) is 0.458. The molecule has 0 saturated carbocycles. The number of aromatic nitrogens is 2. The van der Waals surface area contributed by atoms with Crippen molar-refractivity contribution in [3.63, 3.8) is 0 Å². The largest absolute Gasteiger partial charge is 0.489 e. The number of rotatable bonds is 8. The van der Waals surface area contributed by atoms with Gasteiger partial charge < -0.3 is 19.2 Å². The summed E-state index contributed by atoms with van der Waals surface area (Å²) >= 11 is 0. The number of ether oxygens (including phenoxy) is 2. The van der Waals surface area contributed by atoms with E-state index in [0.29, 0.717) is 36.1 Å². The van der Waals surface area contributed by atoms with Gasteiger partial charge in [-0.25, -0.2) is 9.97 Å². The third-order valence-electron chi connectivity index (χ3n) is 4.53. The molecule has 0 aliphatic rings. The summed E-state index contributed by atoms with van der Waals surface area (Å²) in [7, 11) is 0. The van der Waals surface area contributed by atoms with E-state index in [0.717, 1.165) is 16.9 Å². The molecule has 0 spiro atoms. The summed E-state index contributed by atoms with van der Waals surface area (Å²) in [6.45, 7) is 4.15. The normalized spacial score (nSPS) is 11.8. The minimum absolute atomic E-state index is 0.101. The lowest BCUT2D eigenvalue weighted by molar-refractivity contribution is -0.119. The van der Waals surface area contributed by atoms with Crippen LogP contribution in [0.15, 0.2) is 71.3 Å². The van der Waals surface area contributed by atoms with Gasteiger partial charge in [-0.3, -0.25) is 4.79 Å². The Bertz CT molecular complexity index is 1160. The average Bonchev–Trinajstić information content (AvgIpc) is 3.20. The number of pyridine rings is 1. The number of benzene rings is 2. The summed E-state index contributed by atoms with van der Waals surface area (Å²) in [5.74, 6) is 1.58. The lowest BCUT2D eigenvalue weighted by Crippen LogP contribution is -2.35.